The van der Waals surface area contributed by atoms with Crippen LogP contribution in [0.15, 0.2) is 21.5 Å². The van der Waals surface area contributed by atoms with Crippen molar-refractivity contribution >= 4 is 26.0 Å². The van der Waals surface area contributed by atoms with Gasteiger partial charge < -0.3 is 15.2 Å². The van der Waals surface area contributed by atoms with Crippen molar-refractivity contribution in [2.75, 3.05) is 26.3 Å². The molecule has 3 rings (SSSR count). The average molecular weight is 363 g/mol. The molecule has 0 bridgehead atoms. The first-order chi connectivity index (χ1) is 9.48. The molecule has 0 radical (unpaired) electrons. The monoisotopic (exact) mass is 362 g/mol. The fraction of sp³-hybridized carbons (Fsp3) is 0.500. The van der Waals surface area contributed by atoms with Crippen molar-refractivity contribution in [2.45, 2.75) is 17.4 Å². The maximum absolute atomic E-state index is 12.6. The number of halogens is 1. The molecule has 1 atom stereocenters. The summed E-state index contributed by atoms with van der Waals surface area (Å²) in [4.78, 5) is 0.191. The van der Waals surface area contributed by atoms with E-state index in [1.54, 1.807) is 6.07 Å². The summed E-state index contributed by atoms with van der Waals surface area (Å²) >= 11 is 3.30. The third-order valence-electron chi connectivity index (χ3n) is 3.40. The Bertz CT molecular complexity index is 635. The molecule has 2 aliphatic heterocycles. The first-order valence-corrected chi connectivity index (χ1v) is 8.56. The van der Waals surface area contributed by atoms with Crippen LogP contribution in [-0.2, 0) is 10.0 Å². The molecule has 6 nitrogen and oxygen atoms in total. The average Bonchev–Trinajstić information content (AvgIpc) is 2.85. The largest absolute Gasteiger partial charge is 0.486 e. The molecule has 110 valence electrons. The summed E-state index contributed by atoms with van der Waals surface area (Å²) in [5.41, 5.74) is 5.79. The molecule has 1 unspecified atom stereocenters. The zero-order chi connectivity index (χ0) is 14.3. The van der Waals surface area contributed by atoms with E-state index in [-0.39, 0.29) is 10.9 Å². The minimum atomic E-state index is -3.56. The van der Waals surface area contributed by atoms with Crippen molar-refractivity contribution in [1.82, 2.24) is 4.31 Å². The number of ether oxygens (including phenoxy) is 2. The minimum Gasteiger partial charge on any atom is -0.486 e. The van der Waals surface area contributed by atoms with Crippen molar-refractivity contribution < 1.29 is 17.9 Å². The van der Waals surface area contributed by atoms with Crippen molar-refractivity contribution in [3.8, 4) is 11.5 Å². The van der Waals surface area contributed by atoms with Crippen LogP contribution < -0.4 is 15.2 Å². The van der Waals surface area contributed by atoms with Crippen LogP contribution in [0, 0.1) is 0 Å². The maximum atomic E-state index is 12.6. The van der Waals surface area contributed by atoms with Gasteiger partial charge in [0, 0.05) is 29.7 Å². The molecule has 0 saturated carbocycles. The zero-order valence-electron chi connectivity index (χ0n) is 10.7. The van der Waals surface area contributed by atoms with E-state index in [2.05, 4.69) is 15.9 Å². The first kappa shape index (κ1) is 14.1. The predicted molar refractivity (Wildman–Crippen MR) is 76.5 cm³/mol. The number of sulfonamides is 1. The normalized spacial score (nSPS) is 23.0. The van der Waals surface area contributed by atoms with E-state index >= 15 is 0 Å². The Kier molecular flexibility index (Phi) is 3.65. The summed E-state index contributed by atoms with van der Waals surface area (Å²) in [7, 11) is -3.56. The molecule has 2 heterocycles. The lowest BCUT2D eigenvalue weighted by Crippen LogP contribution is -2.32. The summed E-state index contributed by atoms with van der Waals surface area (Å²) in [5.74, 6) is 1.02. The topological polar surface area (TPSA) is 81.9 Å². The lowest BCUT2D eigenvalue weighted by atomic mass is 10.3. The number of nitrogens with two attached hydrogens (primary N) is 1. The standard InChI is InChI=1S/C12H15BrN2O4S/c13-9-5-10-11(19-4-3-18-10)6-12(9)20(16,17)15-2-1-8(14)7-15/h5-6,8H,1-4,7,14H2. The molecular weight excluding hydrogens is 348 g/mol. The molecule has 0 aromatic heterocycles. The lowest BCUT2D eigenvalue weighted by molar-refractivity contribution is 0.171. The van der Waals surface area contributed by atoms with Crippen molar-refractivity contribution in [3.05, 3.63) is 16.6 Å². The van der Waals surface area contributed by atoms with Gasteiger partial charge >= 0.3 is 0 Å². The Hall–Kier alpha value is -0.830. The van der Waals surface area contributed by atoms with Crippen LogP contribution in [0.2, 0.25) is 0 Å². The van der Waals surface area contributed by atoms with E-state index in [0.717, 1.165) is 0 Å². The summed E-state index contributed by atoms with van der Waals surface area (Å²) in [6.45, 7) is 1.68. The van der Waals surface area contributed by atoms with Gasteiger partial charge in [0.15, 0.2) is 11.5 Å². The highest BCUT2D eigenvalue weighted by atomic mass is 79.9. The fourth-order valence-electron chi connectivity index (χ4n) is 2.35. The SMILES string of the molecule is NC1CCN(S(=O)(=O)c2cc3c(cc2Br)OCCO3)C1. The molecule has 0 amide bonds. The zero-order valence-corrected chi connectivity index (χ0v) is 13.1. The Morgan fingerprint density at radius 2 is 1.90 bits per heavy atom. The van der Waals surface area contributed by atoms with E-state index in [0.29, 0.717) is 48.7 Å². The van der Waals surface area contributed by atoms with Crippen molar-refractivity contribution in [1.29, 1.82) is 0 Å². The summed E-state index contributed by atoms with van der Waals surface area (Å²) < 4.78 is 38.0. The quantitative estimate of drug-likeness (QED) is 0.846. The Morgan fingerprint density at radius 3 is 2.50 bits per heavy atom. The summed E-state index contributed by atoms with van der Waals surface area (Å²) in [5, 5.41) is 0. The third-order valence-corrected chi connectivity index (χ3v) is 6.23. The highest BCUT2D eigenvalue weighted by Crippen LogP contribution is 2.38. The predicted octanol–water partition coefficient (Wildman–Crippen LogP) is 0.942. The van der Waals surface area contributed by atoms with Gasteiger partial charge in [0.1, 0.15) is 18.1 Å². The van der Waals surface area contributed by atoms with E-state index in [1.165, 1.54) is 10.4 Å². The van der Waals surface area contributed by atoms with Crippen LogP contribution in [0.25, 0.3) is 0 Å². The van der Waals surface area contributed by atoms with Crippen LogP contribution >= 0.6 is 15.9 Å². The summed E-state index contributed by atoms with van der Waals surface area (Å²) in [6, 6.07) is 3.05. The Labute approximate surface area is 126 Å². The second-order valence-corrected chi connectivity index (χ2v) is 7.60. The minimum absolute atomic E-state index is 0.0965. The van der Waals surface area contributed by atoms with Crippen LogP contribution in [0.3, 0.4) is 0 Å². The Balaban J connectivity index is 2.01. The molecule has 2 aliphatic rings. The van der Waals surface area contributed by atoms with Crippen LogP contribution in [0.4, 0.5) is 0 Å². The molecule has 2 N–H and O–H groups in total. The molecule has 1 aromatic carbocycles. The second kappa shape index (κ2) is 5.18. The lowest BCUT2D eigenvalue weighted by Gasteiger charge is -2.22. The van der Waals surface area contributed by atoms with E-state index in [9.17, 15) is 8.42 Å². The number of hydrogen-bond acceptors (Lipinski definition) is 5. The second-order valence-electron chi connectivity index (χ2n) is 4.84. The molecule has 8 heteroatoms. The number of hydrogen-bond donors (Lipinski definition) is 1. The highest BCUT2D eigenvalue weighted by molar-refractivity contribution is 9.10. The van der Waals surface area contributed by atoms with E-state index < -0.39 is 10.0 Å². The fourth-order valence-corrected chi connectivity index (χ4v) is 4.86. The van der Waals surface area contributed by atoms with Gasteiger partial charge in [0.2, 0.25) is 10.0 Å². The molecule has 0 aliphatic carbocycles. The number of fused-ring (bicyclic) bond motifs is 1. The van der Waals surface area contributed by atoms with Crippen molar-refractivity contribution in [3.63, 3.8) is 0 Å². The molecule has 1 fully saturated rings. The molecule has 1 aromatic rings. The summed E-state index contributed by atoms with van der Waals surface area (Å²) in [6.07, 6.45) is 0.682. The van der Waals surface area contributed by atoms with Crippen LogP contribution in [0.5, 0.6) is 11.5 Å². The number of nitrogens with zero attached hydrogens (tertiary/aromatic N) is 1. The number of benzene rings is 1. The van der Waals surface area contributed by atoms with Gasteiger partial charge in [0.05, 0.1) is 0 Å². The van der Waals surface area contributed by atoms with Gasteiger partial charge in [0.25, 0.3) is 0 Å². The van der Waals surface area contributed by atoms with E-state index in [1.807, 2.05) is 0 Å². The smallest absolute Gasteiger partial charge is 0.244 e. The van der Waals surface area contributed by atoms with Gasteiger partial charge in [-0.2, -0.15) is 4.31 Å². The third kappa shape index (κ3) is 2.41. The molecule has 1 saturated heterocycles. The van der Waals surface area contributed by atoms with Gasteiger partial charge in [-0.05, 0) is 28.4 Å². The molecule has 0 spiro atoms. The van der Waals surface area contributed by atoms with Crippen LogP contribution in [-0.4, -0.2) is 45.1 Å². The van der Waals surface area contributed by atoms with Gasteiger partial charge in [-0.25, -0.2) is 8.42 Å². The molecular formula is C12H15BrN2O4S. The Morgan fingerprint density at radius 1 is 1.25 bits per heavy atom. The van der Waals surface area contributed by atoms with Gasteiger partial charge in [-0.15, -0.1) is 0 Å². The maximum Gasteiger partial charge on any atom is 0.244 e. The van der Waals surface area contributed by atoms with E-state index in [4.69, 9.17) is 15.2 Å². The highest BCUT2D eigenvalue weighted by Gasteiger charge is 2.33. The van der Waals surface area contributed by atoms with Crippen LogP contribution in [0.1, 0.15) is 6.42 Å². The van der Waals surface area contributed by atoms with Crippen molar-refractivity contribution in [2.24, 2.45) is 5.73 Å². The molecule has 20 heavy (non-hydrogen) atoms. The van der Waals surface area contributed by atoms with Gasteiger partial charge in [-0.1, -0.05) is 0 Å². The number of rotatable bonds is 2. The van der Waals surface area contributed by atoms with Gasteiger partial charge in [-0.3, -0.25) is 0 Å². The first-order valence-electron chi connectivity index (χ1n) is 6.33.